The van der Waals surface area contributed by atoms with Gasteiger partial charge in [0.05, 0.1) is 18.4 Å². The monoisotopic (exact) mass is 287 g/mol. The fourth-order valence-corrected chi connectivity index (χ4v) is 4.02. The molecule has 0 unspecified atom stereocenters. The molecular weight excluding hydrogens is 274 g/mol. The van der Waals surface area contributed by atoms with Crippen LogP contribution >= 0.6 is 11.6 Å². The van der Waals surface area contributed by atoms with Gasteiger partial charge in [-0.2, -0.15) is 0 Å². The van der Waals surface area contributed by atoms with Crippen LogP contribution in [0.5, 0.6) is 0 Å². The molecule has 4 rings (SSSR count). The van der Waals surface area contributed by atoms with Crippen molar-refractivity contribution in [3.8, 4) is 0 Å². The van der Waals surface area contributed by atoms with Crippen molar-refractivity contribution in [3.63, 3.8) is 0 Å². The van der Waals surface area contributed by atoms with Crippen molar-refractivity contribution in [1.82, 2.24) is 4.90 Å². The number of fused-ring (bicyclic) bond motifs is 5. The Morgan fingerprint density at radius 1 is 1.00 bits per heavy atom. The van der Waals surface area contributed by atoms with Crippen LogP contribution in [0, 0.1) is 23.7 Å². The number of carbonyl (C=O) groups is 2. The molecule has 1 aromatic carbocycles. The van der Waals surface area contributed by atoms with Crippen LogP contribution < -0.4 is 0 Å². The zero-order chi connectivity index (χ0) is 13.9. The van der Waals surface area contributed by atoms with E-state index in [0.717, 1.165) is 12.0 Å². The van der Waals surface area contributed by atoms with Crippen molar-refractivity contribution in [3.05, 3.63) is 47.0 Å². The molecule has 2 fully saturated rings. The molecule has 2 amide bonds. The number of nitrogens with zero attached hydrogens (tertiary/aromatic N) is 1. The molecule has 2 bridgehead atoms. The Kier molecular flexibility index (Phi) is 2.55. The highest BCUT2D eigenvalue weighted by molar-refractivity contribution is 6.30. The Labute approximate surface area is 122 Å². The maximum absolute atomic E-state index is 12.5. The molecular formula is C16H14ClNO2. The Morgan fingerprint density at radius 2 is 1.55 bits per heavy atom. The number of allylic oxidation sites excluding steroid dienone is 2. The van der Waals surface area contributed by atoms with Gasteiger partial charge in [-0.3, -0.25) is 14.5 Å². The molecule has 0 spiro atoms. The summed E-state index contributed by atoms with van der Waals surface area (Å²) < 4.78 is 0. The van der Waals surface area contributed by atoms with Crippen molar-refractivity contribution in [2.45, 2.75) is 13.0 Å². The van der Waals surface area contributed by atoms with E-state index in [0.29, 0.717) is 11.6 Å². The highest BCUT2D eigenvalue weighted by atomic mass is 35.5. The van der Waals surface area contributed by atoms with Crippen LogP contribution in [0.1, 0.15) is 12.0 Å². The third kappa shape index (κ3) is 1.59. The minimum absolute atomic E-state index is 0.00630. The SMILES string of the molecule is O=C1[C@H]2[C@H](C(=O)N1Cc1ccc(Cl)cc1)[C@H]1C=C[C@H]2C1. The molecule has 102 valence electrons. The van der Waals surface area contributed by atoms with Gasteiger partial charge in [-0.1, -0.05) is 35.9 Å². The minimum Gasteiger partial charge on any atom is -0.278 e. The van der Waals surface area contributed by atoms with Crippen molar-refractivity contribution in [2.75, 3.05) is 0 Å². The standard InChI is InChI=1S/C16H14ClNO2/c17-12-5-1-9(2-6-12)8-18-15(19)13-10-3-4-11(7-10)14(13)16(18)20/h1-6,10-11,13-14H,7-8H2/t10-,11-,13+,14+/m0/s1. The largest absolute Gasteiger partial charge is 0.278 e. The Balaban J connectivity index is 1.60. The van der Waals surface area contributed by atoms with E-state index in [2.05, 4.69) is 12.2 Å². The first-order chi connectivity index (χ1) is 9.65. The lowest BCUT2D eigenvalue weighted by molar-refractivity contribution is -0.141. The fraction of sp³-hybridized carbons (Fsp3) is 0.375. The normalized spacial score (nSPS) is 34.1. The second-order valence-electron chi connectivity index (χ2n) is 5.89. The van der Waals surface area contributed by atoms with Gasteiger partial charge >= 0.3 is 0 Å². The number of carbonyl (C=O) groups excluding carboxylic acids is 2. The number of likely N-dealkylation sites (tertiary alicyclic amines) is 1. The molecule has 1 saturated carbocycles. The first-order valence-electron chi connectivity index (χ1n) is 6.93. The van der Waals surface area contributed by atoms with Crippen LogP contribution in [0.3, 0.4) is 0 Å². The molecule has 2 aliphatic carbocycles. The van der Waals surface area contributed by atoms with E-state index in [9.17, 15) is 9.59 Å². The summed E-state index contributed by atoms with van der Waals surface area (Å²) in [4.78, 5) is 26.4. The summed E-state index contributed by atoms with van der Waals surface area (Å²) in [5, 5.41) is 0.659. The lowest BCUT2D eigenvalue weighted by Gasteiger charge is -2.17. The third-order valence-corrected chi connectivity index (χ3v) is 5.07. The van der Waals surface area contributed by atoms with Crippen LogP contribution in [0.15, 0.2) is 36.4 Å². The Bertz CT molecular complexity index is 592. The first kappa shape index (κ1) is 12.2. The van der Waals surface area contributed by atoms with Crippen LogP contribution in [0.2, 0.25) is 5.02 Å². The molecule has 1 aromatic rings. The van der Waals surface area contributed by atoms with Crippen LogP contribution in [-0.2, 0) is 16.1 Å². The highest BCUT2D eigenvalue weighted by Gasteiger charge is 2.59. The van der Waals surface area contributed by atoms with Crippen LogP contribution in [0.25, 0.3) is 0 Å². The van der Waals surface area contributed by atoms with E-state index in [1.165, 1.54) is 4.90 Å². The van der Waals surface area contributed by atoms with E-state index in [4.69, 9.17) is 11.6 Å². The average Bonchev–Trinajstić information content (AvgIpc) is 3.11. The van der Waals surface area contributed by atoms with Gasteiger partial charge < -0.3 is 0 Å². The van der Waals surface area contributed by atoms with Crippen molar-refractivity contribution >= 4 is 23.4 Å². The zero-order valence-electron chi connectivity index (χ0n) is 10.8. The molecule has 0 aromatic heterocycles. The van der Waals surface area contributed by atoms with Crippen LogP contribution in [-0.4, -0.2) is 16.7 Å². The third-order valence-electron chi connectivity index (χ3n) is 4.82. The summed E-state index contributed by atoms with van der Waals surface area (Å²) >= 11 is 5.85. The van der Waals surface area contributed by atoms with Gasteiger partial charge in [0, 0.05) is 5.02 Å². The molecule has 1 saturated heterocycles. The highest BCUT2D eigenvalue weighted by Crippen LogP contribution is 2.52. The summed E-state index contributed by atoms with van der Waals surface area (Å²) in [5.74, 6) is 0.349. The molecule has 4 heteroatoms. The number of halogens is 1. The lowest BCUT2D eigenvalue weighted by Crippen LogP contribution is -2.32. The summed E-state index contributed by atoms with van der Waals surface area (Å²) in [7, 11) is 0. The summed E-state index contributed by atoms with van der Waals surface area (Å²) in [6, 6.07) is 7.30. The molecule has 3 nitrogen and oxygen atoms in total. The number of amides is 2. The predicted octanol–water partition coefficient (Wildman–Crippen LogP) is 2.65. The smallest absolute Gasteiger partial charge is 0.234 e. The van der Waals surface area contributed by atoms with Gasteiger partial charge in [0.2, 0.25) is 11.8 Å². The van der Waals surface area contributed by atoms with Crippen LogP contribution in [0.4, 0.5) is 0 Å². The number of imide groups is 1. The molecule has 1 aliphatic heterocycles. The number of rotatable bonds is 2. The number of benzene rings is 1. The second kappa shape index (κ2) is 4.19. The van der Waals surface area contributed by atoms with Gasteiger partial charge in [0.25, 0.3) is 0 Å². The first-order valence-corrected chi connectivity index (χ1v) is 7.31. The van der Waals surface area contributed by atoms with Gasteiger partial charge in [-0.05, 0) is 36.0 Å². The van der Waals surface area contributed by atoms with E-state index in [1.54, 1.807) is 12.1 Å². The van der Waals surface area contributed by atoms with E-state index in [-0.39, 0.29) is 35.5 Å². The molecule has 3 aliphatic rings. The van der Waals surface area contributed by atoms with Crippen molar-refractivity contribution in [2.24, 2.45) is 23.7 Å². The van der Waals surface area contributed by atoms with Crippen molar-refractivity contribution in [1.29, 1.82) is 0 Å². The van der Waals surface area contributed by atoms with Gasteiger partial charge in [-0.15, -0.1) is 0 Å². The summed E-state index contributed by atoms with van der Waals surface area (Å²) in [6.45, 7) is 0.362. The molecule has 0 radical (unpaired) electrons. The summed E-state index contributed by atoms with van der Waals surface area (Å²) in [6.07, 6.45) is 5.20. The molecule has 0 N–H and O–H groups in total. The fourth-order valence-electron chi connectivity index (χ4n) is 3.89. The number of hydrogen-bond acceptors (Lipinski definition) is 2. The van der Waals surface area contributed by atoms with Gasteiger partial charge in [0.15, 0.2) is 0 Å². The summed E-state index contributed by atoms with van der Waals surface area (Å²) in [5.41, 5.74) is 0.941. The predicted molar refractivity (Wildman–Crippen MR) is 74.7 cm³/mol. The molecule has 1 heterocycles. The van der Waals surface area contributed by atoms with Gasteiger partial charge in [-0.25, -0.2) is 0 Å². The lowest BCUT2D eigenvalue weighted by atomic mass is 9.85. The van der Waals surface area contributed by atoms with E-state index >= 15 is 0 Å². The zero-order valence-corrected chi connectivity index (χ0v) is 11.6. The maximum Gasteiger partial charge on any atom is 0.234 e. The average molecular weight is 288 g/mol. The molecule has 20 heavy (non-hydrogen) atoms. The quantitative estimate of drug-likeness (QED) is 0.619. The van der Waals surface area contributed by atoms with E-state index in [1.807, 2.05) is 12.1 Å². The topological polar surface area (TPSA) is 37.4 Å². The van der Waals surface area contributed by atoms with Crippen molar-refractivity contribution < 1.29 is 9.59 Å². The Morgan fingerprint density at radius 3 is 2.10 bits per heavy atom. The maximum atomic E-state index is 12.5. The minimum atomic E-state index is -0.107. The second-order valence-corrected chi connectivity index (χ2v) is 6.33. The van der Waals surface area contributed by atoms with E-state index < -0.39 is 0 Å². The Hall–Kier alpha value is -1.61. The van der Waals surface area contributed by atoms with Gasteiger partial charge in [0.1, 0.15) is 0 Å². The number of hydrogen-bond donors (Lipinski definition) is 0. The molecule has 4 atom stereocenters.